The van der Waals surface area contributed by atoms with Gasteiger partial charge < -0.3 is 10.4 Å². The number of carbonyl (C=O) groups excluding carboxylic acids is 1. The molecule has 0 aromatic carbocycles. The van der Waals surface area contributed by atoms with Gasteiger partial charge in [-0.05, 0) is 12.8 Å². The van der Waals surface area contributed by atoms with Gasteiger partial charge in [-0.3, -0.25) is 5.32 Å². The summed E-state index contributed by atoms with van der Waals surface area (Å²) in [6, 6.07) is -0.270. The van der Waals surface area contributed by atoms with Crippen LogP contribution in [0.3, 0.4) is 0 Å². The van der Waals surface area contributed by atoms with Crippen LogP contribution in [0.2, 0.25) is 0 Å². The summed E-state index contributed by atoms with van der Waals surface area (Å²) in [6.45, 7) is 0.513. The maximum absolute atomic E-state index is 11.5. The van der Waals surface area contributed by atoms with Gasteiger partial charge in [-0.25, -0.2) is 4.79 Å². The zero-order valence-corrected chi connectivity index (χ0v) is 10.2. The van der Waals surface area contributed by atoms with Gasteiger partial charge in [0.05, 0.1) is 12.3 Å². The Kier molecular flexibility index (Phi) is 4.27. The molecule has 7 heteroatoms. The molecular weight excluding hydrogens is 240 g/mol. The highest BCUT2D eigenvalue weighted by Gasteiger charge is 2.23. The van der Waals surface area contributed by atoms with E-state index < -0.39 is 0 Å². The van der Waals surface area contributed by atoms with E-state index in [1.165, 1.54) is 6.20 Å². The number of nitrogens with one attached hydrogen (secondary N) is 2. The van der Waals surface area contributed by atoms with Crippen LogP contribution in [-0.4, -0.2) is 33.4 Å². The molecule has 2 amide bonds. The maximum atomic E-state index is 11.5. The quantitative estimate of drug-likeness (QED) is 0.758. The Morgan fingerprint density at radius 2 is 2.35 bits per heavy atom. The Labute approximate surface area is 104 Å². The molecule has 94 valence electrons. The Hall–Kier alpha value is -1.21. The first-order valence-corrected chi connectivity index (χ1v) is 6.53. The number of aliphatic hydroxyl groups excluding tert-OH is 1. The molecule has 3 N–H and O–H groups in total. The summed E-state index contributed by atoms with van der Waals surface area (Å²) >= 11 is 1.13. The summed E-state index contributed by atoms with van der Waals surface area (Å²) in [5, 5.41) is 19.4. The van der Waals surface area contributed by atoms with E-state index in [0.717, 1.165) is 37.2 Å². The minimum Gasteiger partial charge on any atom is -0.393 e. The van der Waals surface area contributed by atoms with Crippen LogP contribution in [0.4, 0.5) is 9.80 Å². The molecule has 1 saturated carbocycles. The normalized spacial score (nSPS) is 24.3. The van der Waals surface area contributed by atoms with Gasteiger partial charge in [0, 0.05) is 24.0 Å². The van der Waals surface area contributed by atoms with Crippen molar-refractivity contribution in [3.05, 3.63) is 6.20 Å². The minimum absolute atomic E-state index is 0.175. The van der Waals surface area contributed by atoms with E-state index in [4.69, 9.17) is 0 Å². The number of rotatable bonds is 3. The molecule has 0 radical (unpaired) electrons. The zero-order valence-electron chi connectivity index (χ0n) is 9.43. The number of aliphatic hydroxyl groups is 1. The third kappa shape index (κ3) is 3.64. The number of amides is 2. The van der Waals surface area contributed by atoms with Gasteiger partial charge in [-0.1, -0.05) is 17.3 Å². The number of hydrogen-bond donors (Lipinski definition) is 3. The average molecular weight is 256 g/mol. The highest BCUT2D eigenvalue weighted by atomic mass is 32.1. The van der Waals surface area contributed by atoms with Crippen molar-refractivity contribution < 1.29 is 9.90 Å². The van der Waals surface area contributed by atoms with Crippen LogP contribution < -0.4 is 10.6 Å². The van der Waals surface area contributed by atoms with Crippen molar-refractivity contribution >= 4 is 22.6 Å². The second-order valence-corrected chi connectivity index (χ2v) is 5.01. The lowest BCUT2D eigenvalue weighted by Gasteiger charge is -2.27. The number of urea groups is 1. The zero-order chi connectivity index (χ0) is 12.1. The molecule has 0 spiro atoms. The molecule has 0 bridgehead atoms. The largest absolute Gasteiger partial charge is 0.393 e. The van der Waals surface area contributed by atoms with E-state index in [1.807, 2.05) is 0 Å². The summed E-state index contributed by atoms with van der Waals surface area (Å²) in [5.74, 6) is 0.175. The average Bonchev–Trinajstić information content (AvgIpc) is 2.81. The lowest BCUT2D eigenvalue weighted by molar-refractivity contribution is 0.0712. The second-order valence-electron chi connectivity index (χ2n) is 4.23. The smallest absolute Gasteiger partial charge is 0.319 e. The molecule has 0 aliphatic heterocycles. The highest BCUT2D eigenvalue weighted by Crippen LogP contribution is 2.23. The Balaban J connectivity index is 1.72. The number of nitrogens with zero attached hydrogens (tertiary/aromatic N) is 2. The van der Waals surface area contributed by atoms with Crippen molar-refractivity contribution in [1.82, 2.24) is 14.9 Å². The number of carbonyl (C=O) groups is 1. The first-order chi connectivity index (χ1) is 8.25. The molecule has 6 nitrogen and oxygen atoms in total. The van der Waals surface area contributed by atoms with Crippen molar-refractivity contribution in [2.75, 3.05) is 11.9 Å². The Morgan fingerprint density at radius 3 is 3.06 bits per heavy atom. The lowest BCUT2D eigenvalue weighted by atomic mass is 9.86. The van der Waals surface area contributed by atoms with E-state index >= 15 is 0 Å². The second kappa shape index (κ2) is 5.92. The third-order valence-corrected chi connectivity index (χ3v) is 3.57. The summed E-state index contributed by atoms with van der Waals surface area (Å²) < 4.78 is 3.65. The van der Waals surface area contributed by atoms with Crippen molar-refractivity contribution in [3.8, 4) is 0 Å². The lowest BCUT2D eigenvalue weighted by Crippen LogP contribution is -2.38. The molecule has 1 aliphatic rings. The van der Waals surface area contributed by atoms with Gasteiger partial charge in [-0.2, -0.15) is 0 Å². The van der Waals surface area contributed by atoms with E-state index in [2.05, 4.69) is 20.2 Å². The summed E-state index contributed by atoms with van der Waals surface area (Å²) in [4.78, 5) is 11.5. The van der Waals surface area contributed by atoms with Crippen molar-refractivity contribution in [3.63, 3.8) is 0 Å². The van der Waals surface area contributed by atoms with Crippen LogP contribution >= 0.6 is 11.5 Å². The van der Waals surface area contributed by atoms with Crippen LogP contribution in [0.25, 0.3) is 0 Å². The number of hydrogen-bond acceptors (Lipinski definition) is 5. The molecule has 17 heavy (non-hydrogen) atoms. The highest BCUT2D eigenvalue weighted by molar-refractivity contribution is 7.10. The summed E-state index contributed by atoms with van der Waals surface area (Å²) in [7, 11) is 0. The van der Waals surface area contributed by atoms with Crippen molar-refractivity contribution in [1.29, 1.82) is 0 Å². The van der Waals surface area contributed by atoms with Crippen LogP contribution in [0.15, 0.2) is 6.20 Å². The maximum Gasteiger partial charge on any atom is 0.319 e. The number of aromatic nitrogens is 2. The van der Waals surface area contributed by atoms with E-state index in [9.17, 15) is 9.90 Å². The molecular formula is C10H16N4O2S. The first-order valence-electron chi connectivity index (χ1n) is 5.76. The molecule has 1 fully saturated rings. The fraction of sp³-hybridized carbons (Fsp3) is 0.700. The Bertz CT molecular complexity index is 357. The molecule has 1 aromatic rings. The first kappa shape index (κ1) is 12.3. The summed E-state index contributed by atoms with van der Waals surface area (Å²) in [5.41, 5.74) is 0. The fourth-order valence-electron chi connectivity index (χ4n) is 2.03. The predicted octanol–water partition coefficient (Wildman–Crippen LogP) is 1.21. The van der Waals surface area contributed by atoms with E-state index in [1.54, 1.807) is 0 Å². The molecule has 2 unspecified atom stereocenters. The molecule has 0 saturated heterocycles. The predicted molar refractivity (Wildman–Crippen MR) is 64.9 cm³/mol. The SMILES string of the molecule is O=C(NCC1CCCCC1O)Nc1cnns1. The van der Waals surface area contributed by atoms with Crippen LogP contribution in [0.1, 0.15) is 25.7 Å². The van der Waals surface area contributed by atoms with Gasteiger partial charge in [0.25, 0.3) is 0 Å². The van der Waals surface area contributed by atoms with Crippen LogP contribution in [0.5, 0.6) is 0 Å². The fourth-order valence-corrected chi connectivity index (χ4v) is 2.44. The van der Waals surface area contributed by atoms with Crippen LogP contribution in [0, 0.1) is 5.92 Å². The molecule has 2 atom stereocenters. The van der Waals surface area contributed by atoms with Gasteiger partial charge in [-0.15, -0.1) is 5.10 Å². The number of anilines is 1. The molecule has 1 heterocycles. The standard InChI is InChI=1S/C10H16N4O2S/c15-8-4-2-1-3-7(8)5-11-10(16)13-9-6-12-14-17-9/h6-8,15H,1-5H2,(H2,11,13,16). The van der Waals surface area contributed by atoms with E-state index in [0.29, 0.717) is 11.5 Å². The molecule has 2 rings (SSSR count). The van der Waals surface area contributed by atoms with Crippen molar-refractivity contribution in [2.45, 2.75) is 31.8 Å². The topological polar surface area (TPSA) is 87.1 Å². The van der Waals surface area contributed by atoms with Crippen molar-refractivity contribution in [2.24, 2.45) is 5.92 Å². The van der Waals surface area contributed by atoms with Crippen LogP contribution in [-0.2, 0) is 0 Å². The van der Waals surface area contributed by atoms with Gasteiger partial charge >= 0.3 is 6.03 Å². The molecule has 1 aliphatic carbocycles. The monoisotopic (exact) mass is 256 g/mol. The Morgan fingerprint density at radius 1 is 1.53 bits per heavy atom. The van der Waals surface area contributed by atoms with Gasteiger partial charge in [0.1, 0.15) is 5.00 Å². The summed E-state index contributed by atoms with van der Waals surface area (Å²) in [6.07, 6.45) is 5.24. The van der Waals surface area contributed by atoms with Gasteiger partial charge in [0.2, 0.25) is 0 Å². The minimum atomic E-state index is -0.283. The third-order valence-electron chi connectivity index (χ3n) is 2.99. The van der Waals surface area contributed by atoms with Gasteiger partial charge in [0.15, 0.2) is 0 Å². The van der Waals surface area contributed by atoms with E-state index in [-0.39, 0.29) is 18.1 Å². The molecule has 1 aromatic heterocycles.